The van der Waals surface area contributed by atoms with Gasteiger partial charge < -0.3 is 9.52 Å². The van der Waals surface area contributed by atoms with Gasteiger partial charge in [0.15, 0.2) is 0 Å². The molecule has 1 aliphatic heterocycles. The van der Waals surface area contributed by atoms with Crippen LogP contribution in [0.5, 0.6) is 0 Å². The first-order valence-corrected chi connectivity index (χ1v) is 8.53. The minimum Gasteiger partial charge on any atom is -0.480 e. The van der Waals surface area contributed by atoms with E-state index in [1.165, 1.54) is 11.8 Å². The average Bonchev–Trinajstić information content (AvgIpc) is 3.08. The minimum absolute atomic E-state index is 0.406. The number of benzene rings is 1. The van der Waals surface area contributed by atoms with Crippen molar-refractivity contribution in [3.05, 3.63) is 54.3 Å². The molecule has 0 aliphatic carbocycles. The van der Waals surface area contributed by atoms with Crippen LogP contribution in [0.25, 0.3) is 0 Å². The van der Waals surface area contributed by atoms with E-state index in [9.17, 15) is 9.90 Å². The van der Waals surface area contributed by atoms with Crippen molar-refractivity contribution in [2.45, 2.75) is 12.5 Å². The van der Waals surface area contributed by atoms with Gasteiger partial charge in [-0.15, -0.1) is 0 Å². The van der Waals surface area contributed by atoms with Gasteiger partial charge in [-0.2, -0.15) is 0 Å². The van der Waals surface area contributed by atoms with Crippen LogP contribution >= 0.6 is 24.0 Å². The van der Waals surface area contributed by atoms with Crippen molar-refractivity contribution < 1.29 is 14.3 Å². The number of thioether (sulfide) groups is 1. The van der Waals surface area contributed by atoms with Gasteiger partial charge in [-0.05, 0) is 18.1 Å². The predicted molar refractivity (Wildman–Crippen MR) is 94.5 cm³/mol. The Morgan fingerprint density at radius 1 is 1.30 bits per heavy atom. The summed E-state index contributed by atoms with van der Waals surface area (Å²) in [7, 11) is 0. The van der Waals surface area contributed by atoms with Crippen molar-refractivity contribution in [2.24, 2.45) is 0 Å². The van der Waals surface area contributed by atoms with Crippen molar-refractivity contribution in [3.63, 3.8) is 0 Å². The average molecular weight is 348 g/mol. The molecule has 1 unspecified atom stereocenters. The van der Waals surface area contributed by atoms with Crippen LogP contribution in [0.15, 0.2) is 53.1 Å². The van der Waals surface area contributed by atoms with Gasteiger partial charge in [0.1, 0.15) is 10.4 Å². The number of carboxylic acids is 1. The van der Waals surface area contributed by atoms with Gasteiger partial charge >= 0.3 is 5.97 Å². The van der Waals surface area contributed by atoms with Gasteiger partial charge in [-0.25, -0.2) is 0 Å². The molecule has 0 amide bonds. The predicted octanol–water partition coefficient (Wildman–Crippen LogP) is 3.03. The molecule has 1 N–H and O–H groups in total. The molecule has 2 aromatic rings. The smallest absolute Gasteiger partial charge is 0.321 e. The van der Waals surface area contributed by atoms with Crippen molar-refractivity contribution in [1.29, 1.82) is 0 Å². The Morgan fingerprint density at radius 2 is 2.09 bits per heavy atom. The number of anilines is 1. The Morgan fingerprint density at radius 3 is 2.74 bits per heavy atom. The summed E-state index contributed by atoms with van der Waals surface area (Å²) in [5.74, 6) is 0.359. The highest BCUT2D eigenvalue weighted by Crippen LogP contribution is 2.27. The number of thiocarbonyl (C=S) groups is 1. The largest absolute Gasteiger partial charge is 0.480 e. The zero-order valence-corrected chi connectivity index (χ0v) is 13.9. The summed E-state index contributed by atoms with van der Waals surface area (Å²) in [5.41, 5.74) is 1.00. The number of aliphatic carboxylic acids is 1. The Bertz CT molecular complexity index is 676. The highest BCUT2D eigenvalue weighted by Gasteiger charge is 2.33. The number of carbonyl (C=O) groups is 1. The summed E-state index contributed by atoms with van der Waals surface area (Å²) in [6.07, 6.45) is 2.04. The first kappa shape index (κ1) is 16.0. The highest BCUT2D eigenvalue weighted by atomic mass is 32.2. The summed E-state index contributed by atoms with van der Waals surface area (Å²) in [6.45, 7) is 0.406. The van der Waals surface area contributed by atoms with Crippen molar-refractivity contribution >= 4 is 40.2 Å². The second kappa shape index (κ2) is 7.16. The molecule has 23 heavy (non-hydrogen) atoms. The molecule has 0 radical (unpaired) electrons. The molecule has 0 bridgehead atoms. The van der Waals surface area contributed by atoms with E-state index in [1.807, 2.05) is 46.2 Å². The quantitative estimate of drug-likeness (QED) is 0.834. The van der Waals surface area contributed by atoms with E-state index < -0.39 is 12.0 Å². The number of nitrogens with zero attached hydrogens (tertiary/aromatic N) is 2. The van der Waals surface area contributed by atoms with Crippen LogP contribution in [-0.2, 0) is 11.2 Å². The molecule has 7 heteroatoms. The molecule has 0 saturated carbocycles. The number of carboxylic acid groups (broad SMARTS) is 1. The Labute approximate surface area is 143 Å². The summed E-state index contributed by atoms with van der Waals surface area (Å²) in [5, 5.41) is 9.64. The maximum atomic E-state index is 11.8. The van der Waals surface area contributed by atoms with E-state index in [2.05, 4.69) is 0 Å². The third-order valence-electron chi connectivity index (χ3n) is 3.67. The van der Waals surface area contributed by atoms with Crippen LogP contribution in [0.4, 0.5) is 5.88 Å². The van der Waals surface area contributed by atoms with Crippen molar-refractivity contribution in [1.82, 2.24) is 4.90 Å². The normalized spacial score (nSPS) is 17.2. The molecule has 3 rings (SSSR count). The lowest BCUT2D eigenvalue weighted by atomic mass is 10.1. The van der Waals surface area contributed by atoms with Crippen molar-refractivity contribution in [3.8, 4) is 0 Å². The monoisotopic (exact) mass is 348 g/mol. The molecule has 0 spiro atoms. The summed E-state index contributed by atoms with van der Waals surface area (Å²) >= 11 is 6.81. The fourth-order valence-corrected chi connectivity index (χ4v) is 3.63. The van der Waals surface area contributed by atoms with Crippen LogP contribution in [0.3, 0.4) is 0 Å². The van der Waals surface area contributed by atoms with E-state index in [0.29, 0.717) is 29.2 Å². The number of rotatable bonds is 5. The van der Waals surface area contributed by atoms with Gasteiger partial charge in [0, 0.05) is 6.07 Å². The number of hydrogen-bond acceptors (Lipinski definition) is 5. The molecule has 1 aliphatic rings. The summed E-state index contributed by atoms with van der Waals surface area (Å²) in [6, 6.07) is 12.7. The van der Waals surface area contributed by atoms with Gasteiger partial charge in [-0.3, -0.25) is 14.6 Å². The highest BCUT2D eigenvalue weighted by molar-refractivity contribution is 8.23. The van der Waals surface area contributed by atoms with E-state index in [1.54, 1.807) is 12.3 Å². The molecule has 1 aromatic carbocycles. The maximum Gasteiger partial charge on any atom is 0.321 e. The van der Waals surface area contributed by atoms with Crippen LogP contribution in [0, 0.1) is 0 Å². The van der Waals surface area contributed by atoms with Crippen LogP contribution in [0.2, 0.25) is 0 Å². The molecule has 5 nitrogen and oxygen atoms in total. The molecule has 120 valence electrons. The van der Waals surface area contributed by atoms with Crippen LogP contribution in [-0.4, -0.2) is 38.9 Å². The summed E-state index contributed by atoms with van der Waals surface area (Å²) in [4.78, 5) is 15.5. The van der Waals surface area contributed by atoms with Crippen LogP contribution in [0.1, 0.15) is 5.56 Å². The van der Waals surface area contributed by atoms with E-state index in [4.69, 9.17) is 16.6 Å². The lowest BCUT2D eigenvalue weighted by Gasteiger charge is -2.38. The van der Waals surface area contributed by atoms with Gasteiger partial charge in [-0.1, -0.05) is 54.3 Å². The zero-order valence-electron chi connectivity index (χ0n) is 12.3. The molecule has 1 atom stereocenters. The van der Waals surface area contributed by atoms with E-state index in [-0.39, 0.29) is 0 Å². The third kappa shape index (κ3) is 3.74. The molecule has 1 fully saturated rings. The maximum absolute atomic E-state index is 11.8. The van der Waals surface area contributed by atoms with Gasteiger partial charge in [0.2, 0.25) is 5.88 Å². The van der Waals surface area contributed by atoms with Crippen molar-refractivity contribution in [2.75, 3.05) is 17.4 Å². The second-order valence-electron chi connectivity index (χ2n) is 5.19. The molecule has 1 saturated heterocycles. The topological polar surface area (TPSA) is 56.9 Å². The van der Waals surface area contributed by atoms with E-state index >= 15 is 0 Å². The Kier molecular flexibility index (Phi) is 5.00. The number of furan rings is 1. The van der Waals surface area contributed by atoms with Gasteiger partial charge in [0.25, 0.3) is 0 Å². The van der Waals surface area contributed by atoms with E-state index in [0.717, 1.165) is 5.56 Å². The minimum atomic E-state index is -0.832. The van der Waals surface area contributed by atoms with Gasteiger partial charge in [0.05, 0.1) is 18.8 Å². The number of hydrogen-bond donors (Lipinski definition) is 1. The Balaban J connectivity index is 1.77. The standard InChI is InChI=1S/C16H16N2O3S2/c19-15(20)13(9-12-5-2-1-3-6-12)17-10-18(16(22)23-11-17)14-7-4-8-21-14/h1-8,13H,9-11H2,(H,19,20). The first-order chi connectivity index (χ1) is 11.1. The lowest BCUT2D eigenvalue weighted by Crippen LogP contribution is -2.52. The second-order valence-corrected chi connectivity index (χ2v) is 6.77. The fraction of sp³-hybridized carbons (Fsp3) is 0.250. The Hall–Kier alpha value is -1.83. The SMILES string of the molecule is O=C(O)C(Cc1ccccc1)N1CSC(=S)N(c2ccco2)C1. The molecule has 2 heterocycles. The fourth-order valence-electron chi connectivity index (χ4n) is 2.48. The summed E-state index contributed by atoms with van der Waals surface area (Å²) < 4.78 is 6.10. The molecule has 1 aromatic heterocycles. The molecular weight excluding hydrogens is 332 g/mol. The third-order valence-corrected chi connectivity index (χ3v) is 5.17. The lowest BCUT2D eigenvalue weighted by molar-refractivity contribution is -0.142. The molecular formula is C16H16N2O3S2. The first-order valence-electron chi connectivity index (χ1n) is 7.14. The van der Waals surface area contributed by atoms with Crippen LogP contribution < -0.4 is 4.90 Å². The zero-order chi connectivity index (χ0) is 16.2.